The van der Waals surface area contributed by atoms with Gasteiger partial charge >= 0.3 is 5.97 Å². The van der Waals surface area contributed by atoms with Gasteiger partial charge in [-0.05, 0) is 23.3 Å². The summed E-state index contributed by atoms with van der Waals surface area (Å²) in [6, 6.07) is 24.2. The SMILES string of the molecule is CC(C(=O)OCc1csc(-c2ccccc2)n1)c1ccc2ccccc2c1. The minimum atomic E-state index is -0.318. The third-order valence-electron chi connectivity index (χ3n) is 4.56. The molecule has 0 saturated carbocycles. The number of nitrogens with zero attached hydrogens (tertiary/aromatic N) is 1. The minimum Gasteiger partial charge on any atom is -0.459 e. The fraction of sp³-hybridized carbons (Fsp3) is 0.130. The third kappa shape index (κ3) is 3.91. The van der Waals surface area contributed by atoms with Gasteiger partial charge in [-0.2, -0.15) is 0 Å². The Labute approximate surface area is 162 Å². The van der Waals surface area contributed by atoms with Crippen molar-refractivity contribution in [3.63, 3.8) is 0 Å². The van der Waals surface area contributed by atoms with Gasteiger partial charge in [-0.1, -0.05) is 72.8 Å². The van der Waals surface area contributed by atoms with Crippen molar-refractivity contribution in [1.29, 1.82) is 0 Å². The highest BCUT2D eigenvalue weighted by Crippen LogP contribution is 2.25. The van der Waals surface area contributed by atoms with Crippen LogP contribution in [0.3, 0.4) is 0 Å². The first kappa shape index (κ1) is 17.4. The largest absolute Gasteiger partial charge is 0.459 e. The summed E-state index contributed by atoms with van der Waals surface area (Å²) in [5.74, 6) is -0.554. The number of ether oxygens (including phenoxy) is 1. The molecule has 1 aromatic heterocycles. The molecule has 0 fully saturated rings. The lowest BCUT2D eigenvalue weighted by molar-refractivity contribution is -0.146. The second-order valence-corrected chi connectivity index (χ2v) is 7.30. The smallest absolute Gasteiger partial charge is 0.313 e. The summed E-state index contributed by atoms with van der Waals surface area (Å²) in [7, 11) is 0. The van der Waals surface area contributed by atoms with Crippen molar-refractivity contribution in [3.05, 3.63) is 89.4 Å². The van der Waals surface area contributed by atoms with Gasteiger partial charge < -0.3 is 4.74 Å². The van der Waals surface area contributed by atoms with Crippen molar-refractivity contribution in [2.24, 2.45) is 0 Å². The number of fused-ring (bicyclic) bond motifs is 1. The van der Waals surface area contributed by atoms with Crippen LogP contribution >= 0.6 is 11.3 Å². The van der Waals surface area contributed by atoms with Gasteiger partial charge in [-0.25, -0.2) is 4.98 Å². The predicted molar refractivity (Wildman–Crippen MR) is 110 cm³/mol. The highest BCUT2D eigenvalue weighted by Gasteiger charge is 2.18. The summed E-state index contributed by atoms with van der Waals surface area (Å²) >= 11 is 1.56. The van der Waals surface area contributed by atoms with E-state index >= 15 is 0 Å². The Hall–Kier alpha value is -2.98. The molecule has 0 saturated heterocycles. The zero-order valence-corrected chi connectivity index (χ0v) is 15.8. The van der Waals surface area contributed by atoms with Crippen molar-refractivity contribution in [1.82, 2.24) is 4.98 Å². The summed E-state index contributed by atoms with van der Waals surface area (Å²) < 4.78 is 5.51. The van der Waals surface area contributed by atoms with E-state index < -0.39 is 0 Å². The maximum absolute atomic E-state index is 12.5. The molecule has 134 valence electrons. The Morgan fingerprint density at radius 1 is 1.00 bits per heavy atom. The van der Waals surface area contributed by atoms with Gasteiger partial charge in [-0.3, -0.25) is 4.79 Å². The lowest BCUT2D eigenvalue weighted by Gasteiger charge is -2.12. The van der Waals surface area contributed by atoms with Crippen LogP contribution < -0.4 is 0 Å². The van der Waals surface area contributed by atoms with Gasteiger partial charge in [0.25, 0.3) is 0 Å². The monoisotopic (exact) mass is 373 g/mol. The van der Waals surface area contributed by atoms with E-state index in [1.165, 1.54) is 0 Å². The number of carbonyl (C=O) groups excluding carboxylic acids is 1. The van der Waals surface area contributed by atoms with Crippen LogP contribution in [0.4, 0.5) is 0 Å². The number of rotatable bonds is 5. The van der Waals surface area contributed by atoms with Gasteiger partial charge in [0.1, 0.15) is 11.6 Å². The molecule has 0 aliphatic carbocycles. The van der Waals surface area contributed by atoms with E-state index in [9.17, 15) is 4.79 Å². The molecular weight excluding hydrogens is 354 g/mol. The van der Waals surface area contributed by atoms with E-state index in [1.807, 2.05) is 66.9 Å². The molecule has 0 amide bonds. The van der Waals surface area contributed by atoms with E-state index in [0.29, 0.717) is 0 Å². The second-order valence-electron chi connectivity index (χ2n) is 6.45. The van der Waals surface area contributed by atoms with Crippen LogP contribution in [-0.2, 0) is 16.1 Å². The maximum Gasteiger partial charge on any atom is 0.313 e. The minimum absolute atomic E-state index is 0.195. The molecule has 0 aliphatic rings. The third-order valence-corrected chi connectivity index (χ3v) is 5.50. The lowest BCUT2D eigenvalue weighted by atomic mass is 9.98. The summed E-state index contributed by atoms with van der Waals surface area (Å²) in [6.45, 7) is 2.07. The molecule has 0 bridgehead atoms. The van der Waals surface area contributed by atoms with Crippen LogP contribution in [-0.4, -0.2) is 11.0 Å². The van der Waals surface area contributed by atoms with Crippen LogP contribution in [0.2, 0.25) is 0 Å². The molecular formula is C23H19NO2S. The van der Waals surface area contributed by atoms with Gasteiger partial charge in [0.05, 0.1) is 11.6 Å². The molecule has 0 N–H and O–H groups in total. The molecule has 1 atom stereocenters. The number of benzene rings is 3. The predicted octanol–water partition coefficient (Wildman–Crippen LogP) is 5.81. The van der Waals surface area contributed by atoms with Gasteiger partial charge in [0.2, 0.25) is 0 Å². The van der Waals surface area contributed by atoms with Crippen LogP contribution in [0.15, 0.2) is 78.2 Å². The molecule has 3 aromatic carbocycles. The molecule has 0 spiro atoms. The maximum atomic E-state index is 12.5. The average molecular weight is 373 g/mol. The number of aromatic nitrogens is 1. The van der Waals surface area contributed by atoms with Crippen LogP contribution in [0.1, 0.15) is 24.1 Å². The highest BCUT2D eigenvalue weighted by molar-refractivity contribution is 7.13. The number of carbonyl (C=O) groups is 1. The molecule has 4 aromatic rings. The Balaban J connectivity index is 1.42. The fourth-order valence-corrected chi connectivity index (χ4v) is 3.78. The topological polar surface area (TPSA) is 39.2 Å². The number of hydrogen-bond acceptors (Lipinski definition) is 4. The van der Waals surface area contributed by atoms with E-state index in [-0.39, 0.29) is 18.5 Å². The molecule has 27 heavy (non-hydrogen) atoms. The first-order chi connectivity index (χ1) is 13.2. The van der Waals surface area contributed by atoms with Gasteiger partial charge in [-0.15, -0.1) is 11.3 Å². The molecule has 0 aliphatic heterocycles. The number of hydrogen-bond donors (Lipinski definition) is 0. The first-order valence-electron chi connectivity index (χ1n) is 8.86. The van der Waals surface area contributed by atoms with Crippen molar-refractivity contribution >= 4 is 28.1 Å². The average Bonchev–Trinajstić information content (AvgIpc) is 3.21. The second kappa shape index (κ2) is 7.72. The Morgan fingerprint density at radius 2 is 1.74 bits per heavy atom. The van der Waals surface area contributed by atoms with Crippen LogP contribution in [0.25, 0.3) is 21.3 Å². The zero-order chi connectivity index (χ0) is 18.6. The standard InChI is InChI=1S/C23H19NO2S/c1-16(19-12-11-17-7-5-6-10-20(17)13-19)23(25)26-14-21-15-27-22(24-21)18-8-3-2-4-9-18/h2-13,15-16H,14H2,1H3. The normalized spacial score (nSPS) is 12.0. The first-order valence-corrected chi connectivity index (χ1v) is 9.74. The van der Waals surface area contributed by atoms with E-state index in [1.54, 1.807) is 11.3 Å². The van der Waals surface area contributed by atoms with Crippen molar-refractivity contribution in [3.8, 4) is 10.6 Å². The Kier molecular flexibility index (Phi) is 4.99. The van der Waals surface area contributed by atoms with Crippen LogP contribution in [0.5, 0.6) is 0 Å². The molecule has 1 heterocycles. The summed E-state index contributed by atoms with van der Waals surface area (Å²) in [4.78, 5) is 17.0. The van der Waals surface area contributed by atoms with E-state index in [2.05, 4.69) is 23.2 Å². The molecule has 4 rings (SSSR count). The van der Waals surface area contributed by atoms with Gasteiger partial charge in [0.15, 0.2) is 0 Å². The zero-order valence-electron chi connectivity index (χ0n) is 15.0. The van der Waals surface area contributed by atoms with E-state index in [0.717, 1.165) is 32.6 Å². The molecule has 0 radical (unpaired) electrons. The van der Waals surface area contributed by atoms with Crippen molar-refractivity contribution in [2.75, 3.05) is 0 Å². The molecule has 1 unspecified atom stereocenters. The fourth-order valence-electron chi connectivity index (χ4n) is 2.97. The summed E-state index contributed by atoms with van der Waals surface area (Å²) in [5.41, 5.74) is 2.81. The highest BCUT2D eigenvalue weighted by atomic mass is 32.1. The number of thiazole rings is 1. The van der Waals surface area contributed by atoms with Crippen molar-refractivity contribution < 1.29 is 9.53 Å². The quantitative estimate of drug-likeness (QED) is 0.414. The Morgan fingerprint density at radius 3 is 2.56 bits per heavy atom. The summed E-state index contributed by atoms with van der Waals surface area (Å²) in [5, 5.41) is 5.17. The van der Waals surface area contributed by atoms with Gasteiger partial charge in [0, 0.05) is 10.9 Å². The number of esters is 1. The van der Waals surface area contributed by atoms with Crippen molar-refractivity contribution in [2.45, 2.75) is 19.4 Å². The van der Waals surface area contributed by atoms with E-state index in [4.69, 9.17) is 4.74 Å². The molecule has 3 nitrogen and oxygen atoms in total. The van der Waals surface area contributed by atoms with Crippen LogP contribution in [0, 0.1) is 0 Å². The summed E-state index contributed by atoms with van der Waals surface area (Å²) in [6.07, 6.45) is 0. The lowest BCUT2D eigenvalue weighted by Crippen LogP contribution is -2.13. The Bertz CT molecular complexity index is 1070. The molecule has 4 heteroatoms.